The molecule has 31 heavy (non-hydrogen) atoms. The van der Waals surface area contributed by atoms with Crippen LogP contribution in [0.4, 0.5) is 9.18 Å². The molecule has 0 aliphatic carbocycles. The molecule has 2 atom stereocenters. The zero-order valence-corrected chi connectivity index (χ0v) is 19.2. The van der Waals surface area contributed by atoms with E-state index in [9.17, 15) is 19.1 Å². The molecule has 9 heteroatoms. The number of ether oxygens (including phenoxy) is 3. The lowest BCUT2D eigenvalue weighted by Crippen LogP contribution is -2.53. The fourth-order valence-electron chi connectivity index (χ4n) is 2.48. The van der Waals surface area contributed by atoms with Gasteiger partial charge in [0.15, 0.2) is 0 Å². The number of aliphatic hydroxyl groups is 1. The van der Waals surface area contributed by atoms with Crippen LogP contribution in [-0.2, 0) is 14.3 Å². The van der Waals surface area contributed by atoms with E-state index in [4.69, 9.17) is 14.2 Å². The standard InChI is InChI=1S/C22H35FN2O6/c1-21(2,3)31-20(28)24-12-8-11-17(25-19(27)22(4,5)29-6)18(26)14-30-16-10-7-9-15(23)13-16/h7,9-10,13,17-18,26H,8,11-12,14H2,1-6H3,(H,24,28)(H,25,27). The maximum atomic E-state index is 13.3. The molecule has 0 aliphatic rings. The first kappa shape index (κ1) is 26.6. The Kier molecular flexibility index (Phi) is 10.2. The van der Waals surface area contributed by atoms with Crippen LogP contribution in [0.5, 0.6) is 5.75 Å². The average Bonchev–Trinajstić information content (AvgIpc) is 2.66. The van der Waals surface area contributed by atoms with Crippen molar-refractivity contribution in [3.63, 3.8) is 0 Å². The van der Waals surface area contributed by atoms with Gasteiger partial charge in [0.25, 0.3) is 5.91 Å². The van der Waals surface area contributed by atoms with Crippen LogP contribution in [0.1, 0.15) is 47.5 Å². The van der Waals surface area contributed by atoms with Crippen LogP contribution >= 0.6 is 0 Å². The number of alkyl carbamates (subject to hydrolysis) is 1. The highest BCUT2D eigenvalue weighted by Crippen LogP contribution is 2.15. The predicted octanol–water partition coefficient (Wildman–Crippen LogP) is 2.78. The summed E-state index contributed by atoms with van der Waals surface area (Å²) in [6, 6.07) is 4.90. The van der Waals surface area contributed by atoms with Gasteiger partial charge in [-0.15, -0.1) is 0 Å². The van der Waals surface area contributed by atoms with Crippen LogP contribution < -0.4 is 15.4 Å². The summed E-state index contributed by atoms with van der Waals surface area (Å²) in [5.74, 6) is -0.579. The van der Waals surface area contributed by atoms with Crippen molar-refractivity contribution >= 4 is 12.0 Å². The van der Waals surface area contributed by atoms with Crippen molar-refractivity contribution in [1.29, 1.82) is 0 Å². The number of halogens is 1. The molecule has 0 saturated heterocycles. The third kappa shape index (κ3) is 10.5. The molecule has 0 radical (unpaired) electrons. The summed E-state index contributed by atoms with van der Waals surface area (Å²) < 4.78 is 29.1. The fraction of sp³-hybridized carbons (Fsp3) is 0.636. The molecule has 0 saturated carbocycles. The number of amides is 2. The highest BCUT2D eigenvalue weighted by atomic mass is 19.1. The van der Waals surface area contributed by atoms with Gasteiger partial charge in [-0.1, -0.05) is 6.07 Å². The van der Waals surface area contributed by atoms with Crippen molar-refractivity contribution < 1.29 is 33.3 Å². The van der Waals surface area contributed by atoms with E-state index in [0.29, 0.717) is 19.4 Å². The minimum absolute atomic E-state index is 0.151. The number of nitrogens with one attached hydrogen (secondary N) is 2. The number of carbonyl (C=O) groups excluding carboxylic acids is 2. The van der Waals surface area contributed by atoms with E-state index >= 15 is 0 Å². The second-order valence-electron chi connectivity index (χ2n) is 8.70. The summed E-state index contributed by atoms with van der Waals surface area (Å²) in [5.41, 5.74) is -1.69. The number of aliphatic hydroxyl groups excluding tert-OH is 1. The minimum atomic E-state index is -1.09. The van der Waals surface area contributed by atoms with E-state index in [-0.39, 0.29) is 12.4 Å². The number of hydrogen-bond donors (Lipinski definition) is 3. The van der Waals surface area contributed by atoms with E-state index in [0.717, 1.165) is 0 Å². The van der Waals surface area contributed by atoms with Crippen LogP contribution in [0, 0.1) is 5.82 Å². The number of rotatable bonds is 11. The molecule has 0 aromatic heterocycles. The Morgan fingerprint density at radius 1 is 1.19 bits per heavy atom. The topological polar surface area (TPSA) is 106 Å². The summed E-state index contributed by atoms with van der Waals surface area (Å²) in [6.07, 6.45) is -0.783. The number of methoxy groups -OCH3 is 1. The van der Waals surface area contributed by atoms with Crippen LogP contribution in [0.3, 0.4) is 0 Å². The van der Waals surface area contributed by atoms with E-state index in [1.165, 1.54) is 25.3 Å². The Hall–Kier alpha value is -2.39. The molecule has 0 spiro atoms. The quantitative estimate of drug-likeness (QED) is 0.455. The summed E-state index contributed by atoms with van der Waals surface area (Å²) >= 11 is 0. The van der Waals surface area contributed by atoms with Crippen molar-refractivity contribution in [2.75, 3.05) is 20.3 Å². The third-order valence-corrected chi connectivity index (χ3v) is 4.42. The highest BCUT2D eigenvalue weighted by molar-refractivity contribution is 5.84. The lowest BCUT2D eigenvalue weighted by atomic mass is 10.0. The van der Waals surface area contributed by atoms with Gasteiger partial charge >= 0.3 is 6.09 Å². The van der Waals surface area contributed by atoms with Gasteiger partial charge in [-0.3, -0.25) is 4.79 Å². The highest BCUT2D eigenvalue weighted by Gasteiger charge is 2.31. The second-order valence-corrected chi connectivity index (χ2v) is 8.70. The summed E-state index contributed by atoms with van der Waals surface area (Å²) in [4.78, 5) is 24.3. The van der Waals surface area contributed by atoms with Gasteiger partial charge in [-0.05, 0) is 59.6 Å². The molecule has 3 N–H and O–H groups in total. The van der Waals surface area contributed by atoms with Gasteiger partial charge < -0.3 is 30.0 Å². The first-order chi connectivity index (χ1) is 14.3. The largest absolute Gasteiger partial charge is 0.491 e. The maximum Gasteiger partial charge on any atom is 0.407 e. The van der Waals surface area contributed by atoms with E-state index in [2.05, 4.69) is 10.6 Å². The number of benzene rings is 1. The number of hydrogen-bond acceptors (Lipinski definition) is 6. The molecule has 1 rings (SSSR count). The summed E-state index contributed by atoms with van der Waals surface area (Å²) in [5, 5.41) is 16.0. The van der Waals surface area contributed by atoms with Crippen molar-refractivity contribution in [3.05, 3.63) is 30.1 Å². The molecule has 1 aromatic carbocycles. The Bertz CT molecular complexity index is 720. The number of carbonyl (C=O) groups is 2. The first-order valence-corrected chi connectivity index (χ1v) is 10.2. The van der Waals surface area contributed by atoms with Gasteiger partial charge in [0.1, 0.15) is 35.5 Å². The Morgan fingerprint density at radius 3 is 2.45 bits per heavy atom. The normalized spacial score (nSPS) is 13.8. The second kappa shape index (κ2) is 11.9. The zero-order chi connectivity index (χ0) is 23.7. The summed E-state index contributed by atoms with van der Waals surface area (Å²) in [7, 11) is 1.42. The van der Waals surface area contributed by atoms with Crippen molar-refractivity contribution in [2.45, 2.75) is 70.8 Å². The molecule has 0 bridgehead atoms. The van der Waals surface area contributed by atoms with Gasteiger partial charge in [-0.25, -0.2) is 9.18 Å². The smallest absolute Gasteiger partial charge is 0.407 e. The monoisotopic (exact) mass is 442 g/mol. The van der Waals surface area contributed by atoms with Gasteiger partial charge in [-0.2, -0.15) is 0 Å². The fourth-order valence-corrected chi connectivity index (χ4v) is 2.48. The molecule has 2 unspecified atom stereocenters. The van der Waals surface area contributed by atoms with Gasteiger partial charge in [0.2, 0.25) is 0 Å². The van der Waals surface area contributed by atoms with Crippen LogP contribution in [0.2, 0.25) is 0 Å². The maximum absolute atomic E-state index is 13.3. The van der Waals surface area contributed by atoms with Gasteiger partial charge in [0, 0.05) is 19.7 Å². The van der Waals surface area contributed by atoms with E-state index in [1.807, 2.05) is 0 Å². The molecular weight excluding hydrogens is 407 g/mol. The molecule has 0 fully saturated rings. The molecule has 8 nitrogen and oxygen atoms in total. The average molecular weight is 443 g/mol. The Balaban J connectivity index is 2.67. The molecule has 1 aromatic rings. The van der Waals surface area contributed by atoms with Crippen molar-refractivity contribution in [1.82, 2.24) is 10.6 Å². The molecule has 2 amide bonds. The third-order valence-electron chi connectivity index (χ3n) is 4.42. The predicted molar refractivity (Wildman–Crippen MR) is 114 cm³/mol. The molecule has 176 valence electrons. The molecule has 0 aliphatic heterocycles. The molecule has 0 heterocycles. The first-order valence-electron chi connectivity index (χ1n) is 10.2. The minimum Gasteiger partial charge on any atom is -0.491 e. The van der Waals surface area contributed by atoms with Crippen LogP contribution in [0.25, 0.3) is 0 Å². The van der Waals surface area contributed by atoms with Crippen molar-refractivity contribution in [2.24, 2.45) is 0 Å². The lowest BCUT2D eigenvalue weighted by molar-refractivity contribution is -0.141. The van der Waals surface area contributed by atoms with Crippen LogP contribution in [-0.4, -0.2) is 60.7 Å². The van der Waals surface area contributed by atoms with Crippen LogP contribution in [0.15, 0.2) is 24.3 Å². The van der Waals surface area contributed by atoms with E-state index in [1.54, 1.807) is 40.7 Å². The zero-order valence-electron chi connectivity index (χ0n) is 19.2. The lowest BCUT2D eigenvalue weighted by Gasteiger charge is -2.29. The van der Waals surface area contributed by atoms with Gasteiger partial charge in [0.05, 0.1) is 6.04 Å². The SMILES string of the molecule is COC(C)(C)C(=O)NC(CCCNC(=O)OC(C)(C)C)C(O)COc1cccc(F)c1. The van der Waals surface area contributed by atoms with Crippen molar-refractivity contribution in [3.8, 4) is 5.75 Å². The molecular formula is C22H35FN2O6. The summed E-state index contributed by atoms with van der Waals surface area (Å²) in [6.45, 7) is 8.67. The Morgan fingerprint density at radius 2 is 1.87 bits per heavy atom. The Labute approximate surface area is 183 Å². The van der Waals surface area contributed by atoms with E-state index < -0.39 is 41.2 Å².